The van der Waals surface area contributed by atoms with E-state index in [9.17, 15) is 19.5 Å². The number of nitrogens with one attached hydrogen (secondary N) is 3. The van der Waals surface area contributed by atoms with Gasteiger partial charge in [-0.2, -0.15) is 0 Å². The number of hydrogen-bond acceptors (Lipinski definition) is 6. The van der Waals surface area contributed by atoms with E-state index in [4.69, 9.17) is 0 Å². The minimum absolute atomic E-state index is 0.152. The van der Waals surface area contributed by atoms with E-state index in [0.717, 1.165) is 37.1 Å². The van der Waals surface area contributed by atoms with E-state index in [2.05, 4.69) is 16.0 Å². The highest BCUT2D eigenvalue weighted by Crippen LogP contribution is 2.30. The Kier molecular flexibility index (Phi) is 5.67. The van der Waals surface area contributed by atoms with Crippen molar-refractivity contribution < 1.29 is 19.5 Å². The summed E-state index contributed by atoms with van der Waals surface area (Å²) in [4.78, 5) is 38.0. The van der Waals surface area contributed by atoms with Gasteiger partial charge in [0.05, 0.1) is 5.60 Å². The normalized spacial score (nSPS) is 23.8. The molecule has 3 aliphatic heterocycles. The predicted molar refractivity (Wildman–Crippen MR) is 106 cm³/mol. The predicted octanol–water partition coefficient (Wildman–Crippen LogP) is 0.0418. The number of carbonyl (C=O) groups is 3. The Bertz CT molecular complexity index is 819. The SMILES string of the molecule is O=C1CCC(N2Cc3c(CNCCC4(O)CCNCC4)cccc3C2=O)C(=O)N1. The molecule has 3 amide bonds. The van der Waals surface area contributed by atoms with Crippen LogP contribution in [0.1, 0.15) is 53.6 Å². The molecule has 8 nitrogen and oxygen atoms in total. The van der Waals surface area contributed by atoms with Crippen LogP contribution in [0, 0.1) is 0 Å². The van der Waals surface area contributed by atoms with Gasteiger partial charge in [-0.25, -0.2) is 0 Å². The molecular formula is C21H28N4O4. The molecule has 1 aromatic carbocycles. The molecule has 3 aliphatic rings. The van der Waals surface area contributed by atoms with Crippen LogP contribution >= 0.6 is 0 Å². The number of rotatable bonds is 6. The van der Waals surface area contributed by atoms with Gasteiger partial charge >= 0.3 is 0 Å². The lowest BCUT2D eigenvalue weighted by Crippen LogP contribution is -2.52. The molecule has 0 bridgehead atoms. The number of hydrogen-bond donors (Lipinski definition) is 4. The van der Waals surface area contributed by atoms with Crippen LogP contribution in [0.3, 0.4) is 0 Å². The van der Waals surface area contributed by atoms with Crippen LogP contribution in [0.4, 0.5) is 0 Å². The molecule has 4 N–H and O–H groups in total. The molecule has 0 radical (unpaired) electrons. The molecule has 0 aliphatic carbocycles. The molecule has 1 aromatic rings. The summed E-state index contributed by atoms with van der Waals surface area (Å²) in [7, 11) is 0. The third kappa shape index (κ3) is 4.19. The lowest BCUT2D eigenvalue weighted by Gasteiger charge is -2.32. The van der Waals surface area contributed by atoms with Gasteiger partial charge in [0, 0.05) is 25.1 Å². The number of benzene rings is 1. The fraction of sp³-hybridized carbons (Fsp3) is 0.571. The number of fused-ring (bicyclic) bond motifs is 1. The minimum Gasteiger partial charge on any atom is -0.390 e. The number of amides is 3. The summed E-state index contributed by atoms with van der Waals surface area (Å²) in [5, 5.41) is 19.6. The molecule has 8 heteroatoms. The van der Waals surface area contributed by atoms with Crippen molar-refractivity contribution in [1.29, 1.82) is 0 Å². The summed E-state index contributed by atoms with van der Waals surface area (Å²) < 4.78 is 0. The number of imide groups is 1. The van der Waals surface area contributed by atoms with Crippen LogP contribution in [0.15, 0.2) is 18.2 Å². The van der Waals surface area contributed by atoms with E-state index in [1.54, 1.807) is 11.0 Å². The standard InChI is InChI=1S/C21H28N4O4/c26-18-5-4-17(19(27)24-18)25-13-16-14(2-1-3-15(16)20(25)28)12-23-11-8-21(29)6-9-22-10-7-21/h1-3,17,22-23,29H,4-13H2,(H,24,26,27). The van der Waals surface area contributed by atoms with Gasteiger partial charge in [-0.15, -0.1) is 0 Å². The maximum absolute atomic E-state index is 12.9. The van der Waals surface area contributed by atoms with Crippen molar-refractivity contribution in [3.05, 3.63) is 34.9 Å². The van der Waals surface area contributed by atoms with Crippen molar-refractivity contribution in [2.75, 3.05) is 19.6 Å². The summed E-state index contributed by atoms with van der Waals surface area (Å²) in [5.41, 5.74) is 2.00. The van der Waals surface area contributed by atoms with Crippen LogP contribution in [-0.4, -0.2) is 59.0 Å². The van der Waals surface area contributed by atoms with Crippen LogP contribution in [0.5, 0.6) is 0 Å². The largest absolute Gasteiger partial charge is 0.390 e. The summed E-state index contributed by atoms with van der Waals surface area (Å²) >= 11 is 0. The highest BCUT2D eigenvalue weighted by atomic mass is 16.3. The number of aliphatic hydroxyl groups is 1. The molecule has 2 fully saturated rings. The van der Waals surface area contributed by atoms with Gasteiger partial charge in [0.15, 0.2) is 0 Å². The van der Waals surface area contributed by atoms with Crippen molar-refractivity contribution in [3.8, 4) is 0 Å². The molecule has 0 spiro atoms. The second-order valence-electron chi connectivity index (χ2n) is 8.24. The van der Waals surface area contributed by atoms with Gasteiger partial charge in [-0.1, -0.05) is 12.1 Å². The van der Waals surface area contributed by atoms with E-state index < -0.39 is 17.6 Å². The minimum atomic E-state index is -0.602. The molecular weight excluding hydrogens is 372 g/mol. The molecule has 29 heavy (non-hydrogen) atoms. The first kappa shape index (κ1) is 20.0. The Morgan fingerprint density at radius 2 is 2.00 bits per heavy atom. The molecule has 1 atom stereocenters. The molecule has 3 heterocycles. The summed E-state index contributed by atoms with van der Waals surface area (Å²) in [6.45, 7) is 3.38. The van der Waals surface area contributed by atoms with Crippen LogP contribution < -0.4 is 16.0 Å². The van der Waals surface area contributed by atoms with E-state index in [1.807, 2.05) is 12.1 Å². The van der Waals surface area contributed by atoms with E-state index >= 15 is 0 Å². The topological polar surface area (TPSA) is 111 Å². The molecule has 4 rings (SSSR count). The molecule has 0 saturated carbocycles. The summed E-state index contributed by atoms with van der Waals surface area (Å²) in [6, 6.07) is 5.06. The van der Waals surface area contributed by atoms with Gasteiger partial charge in [-0.3, -0.25) is 19.7 Å². The average molecular weight is 400 g/mol. The zero-order valence-corrected chi connectivity index (χ0v) is 16.5. The lowest BCUT2D eigenvalue weighted by atomic mass is 9.89. The first-order chi connectivity index (χ1) is 14.0. The van der Waals surface area contributed by atoms with Crippen LogP contribution in [0.2, 0.25) is 0 Å². The number of nitrogens with zero attached hydrogens (tertiary/aromatic N) is 1. The van der Waals surface area contributed by atoms with E-state index in [0.29, 0.717) is 38.0 Å². The van der Waals surface area contributed by atoms with Gasteiger partial charge in [0.1, 0.15) is 6.04 Å². The third-order valence-electron chi connectivity index (χ3n) is 6.30. The smallest absolute Gasteiger partial charge is 0.255 e. The number of piperidine rings is 2. The average Bonchev–Trinajstić information content (AvgIpc) is 3.03. The first-order valence-electron chi connectivity index (χ1n) is 10.4. The zero-order chi connectivity index (χ0) is 20.4. The molecule has 1 unspecified atom stereocenters. The Morgan fingerprint density at radius 3 is 2.76 bits per heavy atom. The van der Waals surface area contributed by atoms with Gasteiger partial charge in [0.25, 0.3) is 5.91 Å². The maximum atomic E-state index is 12.9. The van der Waals surface area contributed by atoms with Crippen molar-refractivity contribution in [3.63, 3.8) is 0 Å². The third-order valence-corrected chi connectivity index (χ3v) is 6.30. The van der Waals surface area contributed by atoms with Crippen LogP contribution in [-0.2, 0) is 22.7 Å². The fourth-order valence-electron chi connectivity index (χ4n) is 4.50. The van der Waals surface area contributed by atoms with Gasteiger partial charge in [0.2, 0.25) is 11.8 Å². The Hall–Kier alpha value is -2.29. The molecule has 2 saturated heterocycles. The first-order valence-corrected chi connectivity index (χ1v) is 10.4. The Balaban J connectivity index is 1.38. The van der Waals surface area contributed by atoms with Gasteiger partial charge in [-0.05, 0) is 62.5 Å². The van der Waals surface area contributed by atoms with Crippen molar-refractivity contribution in [1.82, 2.24) is 20.9 Å². The second-order valence-corrected chi connectivity index (χ2v) is 8.24. The van der Waals surface area contributed by atoms with Crippen molar-refractivity contribution in [2.24, 2.45) is 0 Å². The zero-order valence-electron chi connectivity index (χ0n) is 16.5. The Labute approximate surface area is 170 Å². The second kappa shape index (κ2) is 8.22. The maximum Gasteiger partial charge on any atom is 0.255 e. The highest BCUT2D eigenvalue weighted by Gasteiger charge is 2.39. The van der Waals surface area contributed by atoms with E-state index in [1.165, 1.54) is 0 Å². The summed E-state index contributed by atoms with van der Waals surface area (Å²) in [5.74, 6) is -0.826. The number of carbonyl (C=O) groups excluding carboxylic acids is 3. The van der Waals surface area contributed by atoms with E-state index in [-0.39, 0.29) is 18.2 Å². The molecule has 156 valence electrons. The highest BCUT2D eigenvalue weighted by molar-refractivity contribution is 6.05. The Morgan fingerprint density at radius 1 is 1.21 bits per heavy atom. The van der Waals surface area contributed by atoms with Crippen molar-refractivity contribution in [2.45, 2.75) is 56.8 Å². The monoisotopic (exact) mass is 400 g/mol. The van der Waals surface area contributed by atoms with Gasteiger partial charge < -0.3 is 20.6 Å². The van der Waals surface area contributed by atoms with Crippen molar-refractivity contribution >= 4 is 17.7 Å². The van der Waals surface area contributed by atoms with Crippen LogP contribution in [0.25, 0.3) is 0 Å². The fourth-order valence-corrected chi connectivity index (χ4v) is 4.50. The quantitative estimate of drug-likeness (QED) is 0.397. The molecule has 0 aromatic heterocycles. The lowest BCUT2D eigenvalue weighted by molar-refractivity contribution is -0.136. The summed E-state index contributed by atoms with van der Waals surface area (Å²) in [6.07, 6.45) is 2.86.